The summed E-state index contributed by atoms with van der Waals surface area (Å²) in [4.78, 5) is 2.56. The summed E-state index contributed by atoms with van der Waals surface area (Å²) in [7, 11) is 0. The smallest absolute Gasteiger partial charge is 0.119 e. The molecule has 3 nitrogen and oxygen atoms in total. The summed E-state index contributed by atoms with van der Waals surface area (Å²) in [6, 6.07) is 15.6. The third-order valence-corrected chi connectivity index (χ3v) is 7.77. The van der Waals surface area contributed by atoms with Gasteiger partial charge >= 0.3 is 0 Å². The lowest BCUT2D eigenvalue weighted by molar-refractivity contribution is 0.214. The van der Waals surface area contributed by atoms with E-state index in [4.69, 9.17) is 4.74 Å². The molecule has 1 aromatic heterocycles. The van der Waals surface area contributed by atoms with Gasteiger partial charge in [-0.1, -0.05) is 54.3 Å². The second-order valence-corrected chi connectivity index (χ2v) is 10.5. The summed E-state index contributed by atoms with van der Waals surface area (Å²) in [6.45, 7) is 11.8. The van der Waals surface area contributed by atoms with Gasteiger partial charge < -0.3 is 9.30 Å². The lowest BCUT2D eigenvalue weighted by atomic mass is 9.95. The van der Waals surface area contributed by atoms with Gasteiger partial charge in [-0.25, -0.2) is 0 Å². The van der Waals surface area contributed by atoms with Crippen molar-refractivity contribution in [2.45, 2.75) is 65.8 Å². The fraction of sp³-hybridized carbons (Fsp3) is 0.438. The third-order valence-electron chi connectivity index (χ3n) is 7.77. The first kappa shape index (κ1) is 23.9. The lowest BCUT2D eigenvalue weighted by Crippen LogP contribution is -2.29. The first-order valence-electron chi connectivity index (χ1n) is 13.5. The zero-order valence-corrected chi connectivity index (χ0v) is 21.8. The van der Waals surface area contributed by atoms with Crippen LogP contribution in [0.4, 0.5) is 0 Å². The van der Waals surface area contributed by atoms with E-state index < -0.39 is 0 Å². The highest BCUT2D eigenvalue weighted by Gasteiger charge is 2.19. The third kappa shape index (κ3) is 5.56. The minimum absolute atomic E-state index is 0.769. The van der Waals surface area contributed by atoms with Gasteiger partial charge in [-0.3, -0.25) is 4.90 Å². The Kier molecular flexibility index (Phi) is 7.43. The minimum Gasteiger partial charge on any atom is -0.492 e. The molecule has 2 heterocycles. The van der Waals surface area contributed by atoms with Crippen LogP contribution in [0.3, 0.4) is 0 Å². The Bertz CT molecular complexity index is 1220. The number of hydrogen-bond donors (Lipinski definition) is 0. The van der Waals surface area contributed by atoms with Gasteiger partial charge in [-0.05, 0) is 101 Å². The molecule has 1 aliphatic carbocycles. The van der Waals surface area contributed by atoms with Gasteiger partial charge in [-0.2, -0.15) is 0 Å². The molecule has 184 valence electrons. The van der Waals surface area contributed by atoms with Crippen molar-refractivity contribution < 1.29 is 4.74 Å². The highest BCUT2D eigenvalue weighted by molar-refractivity contribution is 5.91. The van der Waals surface area contributed by atoms with Gasteiger partial charge in [0.05, 0.1) is 0 Å². The summed E-state index contributed by atoms with van der Waals surface area (Å²) in [5.41, 5.74) is 9.68. The first-order valence-corrected chi connectivity index (χ1v) is 13.5. The monoisotopic (exact) mass is 468 g/mol. The van der Waals surface area contributed by atoms with E-state index in [2.05, 4.69) is 84.9 Å². The number of aromatic nitrogens is 1. The van der Waals surface area contributed by atoms with E-state index in [1.54, 1.807) is 0 Å². The molecule has 0 spiro atoms. The Hall–Kier alpha value is -2.78. The summed E-state index contributed by atoms with van der Waals surface area (Å²) >= 11 is 0. The van der Waals surface area contributed by atoms with E-state index in [1.165, 1.54) is 83.2 Å². The summed E-state index contributed by atoms with van der Waals surface area (Å²) in [5.74, 6) is 0.976. The number of benzene rings is 2. The van der Waals surface area contributed by atoms with Crippen molar-refractivity contribution in [1.82, 2.24) is 9.47 Å². The summed E-state index contributed by atoms with van der Waals surface area (Å²) < 4.78 is 8.63. The number of aryl methyl sites for hydroxylation is 2. The van der Waals surface area contributed by atoms with Crippen LogP contribution >= 0.6 is 0 Å². The molecule has 0 saturated carbocycles. The molecule has 0 radical (unpaired) electrons. The van der Waals surface area contributed by atoms with Gasteiger partial charge in [-0.15, -0.1) is 0 Å². The van der Waals surface area contributed by atoms with Gasteiger partial charge in [0, 0.05) is 29.7 Å². The molecule has 3 aromatic rings. The highest BCUT2D eigenvalue weighted by Crippen LogP contribution is 2.36. The van der Waals surface area contributed by atoms with Crippen molar-refractivity contribution in [2.24, 2.45) is 0 Å². The number of nitrogens with zero attached hydrogens (tertiary/aromatic N) is 2. The predicted octanol–water partition coefficient (Wildman–Crippen LogP) is 7.68. The molecule has 1 fully saturated rings. The molecular formula is C32H40N2O. The molecule has 2 aliphatic rings. The van der Waals surface area contributed by atoms with Gasteiger partial charge in [0.1, 0.15) is 12.4 Å². The normalized spacial score (nSPS) is 17.2. The lowest BCUT2D eigenvalue weighted by Gasteiger charge is -2.20. The van der Waals surface area contributed by atoms with Gasteiger partial charge in [0.25, 0.3) is 0 Å². The molecule has 0 N–H and O–H groups in total. The SMILES string of the molecule is CC1=CC=C(c2c(C)c3cc(C)ccc3n2Cc2ccc(OCCN3CCCCCC3)cc2)CC1. The van der Waals surface area contributed by atoms with Crippen LogP contribution in [0.1, 0.15) is 67.8 Å². The summed E-state index contributed by atoms with van der Waals surface area (Å²) in [5, 5.41) is 1.38. The van der Waals surface area contributed by atoms with Crippen LogP contribution in [0.5, 0.6) is 5.75 Å². The van der Waals surface area contributed by atoms with Crippen LogP contribution in [0.2, 0.25) is 0 Å². The average Bonchev–Trinajstić information content (AvgIpc) is 3.01. The van der Waals surface area contributed by atoms with E-state index >= 15 is 0 Å². The van der Waals surface area contributed by atoms with Crippen LogP contribution < -0.4 is 4.74 Å². The minimum atomic E-state index is 0.769. The number of ether oxygens (including phenoxy) is 1. The molecule has 1 saturated heterocycles. The number of rotatable bonds is 7. The fourth-order valence-corrected chi connectivity index (χ4v) is 5.68. The molecule has 3 heteroatoms. The van der Waals surface area contributed by atoms with E-state index in [0.29, 0.717) is 0 Å². The molecule has 5 rings (SSSR count). The molecule has 1 aliphatic heterocycles. The second-order valence-electron chi connectivity index (χ2n) is 10.5. The Balaban J connectivity index is 1.34. The fourth-order valence-electron chi connectivity index (χ4n) is 5.68. The molecule has 0 atom stereocenters. The van der Waals surface area contributed by atoms with Crippen molar-refractivity contribution in [1.29, 1.82) is 0 Å². The maximum atomic E-state index is 6.11. The van der Waals surface area contributed by atoms with Crippen LogP contribution in [0.25, 0.3) is 16.5 Å². The number of fused-ring (bicyclic) bond motifs is 1. The Morgan fingerprint density at radius 1 is 0.829 bits per heavy atom. The van der Waals surface area contributed by atoms with Crippen LogP contribution in [-0.2, 0) is 6.54 Å². The quantitative estimate of drug-likeness (QED) is 0.354. The van der Waals surface area contributed by atoms with Crippen molar-refractivity contribution in [2.75, 3.05) is 26.2 Å². The van der Waals surface area contributed by atoms with Crippen molar-refractivity contribution >= 4 is 16.5 Å². The molecule has 0 amide bonds. The molecular weight excluding hydrogens is 428 g/mol. The van der Waals surface area contributed by atoms with Crippen molar-refractivity contribution in [3.05, 3.63) is 82.6 Å². The zero-order valence-electron chi connectivity index (χ0n) is 21.8. The van der Waals surface area contributed by atoms with Gasteiger partial charge in [0.15, 0.2) is 0 Å². The predicted molar refractivity (Wildman–Crippen MR) is 148 cm³/mol. The van der Waals surface area contributed by atoms with E-state index in [1.807, 2.05) is 0 Å². The maximum Gasteiger partial charge on any atom is 0.119 e. The van der Waals surface area contributed by atoms with Crippen molar-refractivity contribution in [3.63, 3.8) is 0 Å². The van der Waals surface area contributed by atoms with E-state index in [9.17, 15) is 0 Å². The van der Waals surface area contributed by atoms with Crippen LogP contribution in [0.15, 0.2) is 60.2 Å². The molecule has 0 bridgehead atoms. The van der Waals surface area contributed by atoms with Crippen LogP contribution in [-0.4, -0.2) is 35.7 Å². The highest BCUT2D eigenvalue weighted by atomic mass is 16.5. The maximum absolute atomic E-state index is 6.11. The summed E-state index contributed by atoms with van der Waals surface area (Å²) in [6.07, 6.45) is 12.3. The van der Waals surface area contributed by atoms with Crippen LogP contribution in [0, 0.1) is 13.8 Å². The molecule has 2 aromatic carbocycles. The van der Waals surface area contributed by atoms with Crippen molar-refractivity contribution in [3.8, 4) is 5.75 Å². The Morgan fingerprint density at radius 2 is 1.60 bits per heavy atom. The molecule has 0 unspecified atom stereocenters. The first-order chi connectivity index (χ1) is 17.1. The second kappa shape index (κ2) is 10.9. The Labute approximate surface area is 211 Å². The Morgan fingerprint density at radius 3 is 2.31 bits per heavy atom. The number of hydrogen-bond acceptors (Lipinski definition) is 2. The number of likely N-dealkylation sites (tertiary alicyclic amines) is 1. The standard InChI is InChI=1S/C32H40N2O/c1-24-8-13-28(14-9-24)32-26(3)30-22-25(2)10-17-31(30)34(32)23-27-11-15-29(16-12-27)35-21-20-33-18-6-4-5-7-19-33/h8,10-13,15-17,22H,4-7,9,14,18-21,23H2,1-3H3. The zero-order chi connectivity index (χ0) is 24.2. The van der Waals surface area contributed by atoms with E-state index in [-0.39, 0.29) is 0 Å². The van der Waals surface area contributed by atoms with Gasteiger partial charge in [0.2, 0.25) is 0 Å². The average molecular weight is 469 g/mol. The number of allylic oxidation sites excluding steroid dienone is 4. The van der Waals surface area contributed by atoms with E-state index in [0.717, 1.165) is 38.3 Å². The molecule has 35 heavy (non-hydrogen) atoms. The topological polar surface area (TPSA) is 17.4 Å². The largest absolute Gasteiger partial charge is 0.492 e.